The number of nitrogens with zero attached hydrogens (tertiary/aromatic N) is 1. The average Bonchev–Trinajstić information content (AvgIpc) is 3.51. The van der Waals surface area contributed by atoms with Crippen LogP contribution in [0.3, 0.4) is 0 Å². The van der Waals surface area contributed by atoms with E-state index in [-0.39, 0.29) is 0 Å². The van der Waals surface area contributed by atoms with E-state index in [1.807, 2.05) is 0 Å². The zero-order valence-electron chi connectivity index (χ0n) is 30.0. The van der Waals surface area contributed by atoms with Gasteiger partial charge in [0, 0.05) is 16.9 Å². The molecule has 1 fully saturated rings. The van der Waals surface area contributed by atoms with Crippen LogP contribution in [-0.2, 0) is 9.31 Å². The van der Waals surface area contributed by atoms with Crippen molar-refractivity contribution in [3.05, 3.63) is 157 Å². The van der Waals surface area contributed by atoms with Gasteiger partial charge < -0.3 is 18.6 Å². The standard InChI is InChI=1S/C47H40BNO3/c1-46(2)47(3,4)52-48(51-46)36-29-35(40-21-13-18-34-17-11-12-19-39(34)40)30-38(31-36)49(37-27-25-33(26-28-37)32-15-7-5-8-16-32)42-22-14-24-44-45(42)41-20-9-6-10-23-43(41)50-44/h5,7-31H,6H2,1-4H3. The van der Waals surface area contributed by atoms with E-state index in [9.17, 15) is 0 Å². The topological polar surface area (TPSA) is 34.8 Å². The zero-order valence-corrected chi connectivity index (χ0v) is 30.0. The van der Waals surface area contributed by atoms with E-state index in [0.717, 1.165) is 67.9 Å². The van der Waals surface area contributed by atoms with Gasteiger partial charge in [0.1, 0.15) is 11.3 Å². The molecule has 254 valence electrons. The Morgan fingerprint density at radius 3 is 2.10 bits per heavy atom. The van der Waals surface area contributed by atoms with Crippen LogP contribution in [-0.4, -0.2) is 18.3 Å². The van der Waals surface area contributed by atoms with Crippen molar-refractivity contribution in [3.8, 4) is 22.3 Å². The van der Waals surface area contributed by atoms with Crippen molar-refractivity contribution in [2.45, 2.75) is 45.3 Å². The first-order chi connectivity index (χ1) is 25.3. The molecule has 1 aromatic heterocycles. The fourth-order valence-electron chi connectivity index (χ4n) is 7.46. The number of rotatable bonds is 6. The number of allylic oxidation sites excluding steroid dienone is 2. The summed E-state index contributed by atoms with van der Waals surface area (Å²) in [6.07, 6.45) is 9.50. The molecule has 0 bridgehead atoms. The van der Waals surface area contributed by atoms with Crippen LogP contribution in [0.25, 0.3) is 56.1 Å². The van der Waals surface area contributed by atoms with Gasteiger partial charge in [-0.15, -0.1) is 0 Å². The van der Waals surface area contributed by atoms with Crippen LogP contribution in [0.2, 0.25) is 0 Å². The van der Waals surface area contributed by atoms with Gasteiger partial charge in [0.05, 0.1) is 22.3 Å². The summed E-state index contributed by atoms with van der Waals surface area (Å²) in [7, 11) is -0.546. The number of hydrogen-bond donors (Lipinski definition) is 0. The quantitative estimate of drug-likeness (QED) is 0.164. The van der Waals surface area contributed by atoms with Gasteiger partial charge in [0.15, 0.2) is 0 Å². The van der Waals surface area contributed by atoms with E-state index in [1.165, 1.54) is 16.3 Å². The average molecular weight is 678 g/mol. The third-order valence-electron chi connectivity index (χ3n) is 10.9. The summed E-state index contributed by atoms with van der Waals surface area (Å²) in [5.74, 6) is 0.873. The number of hydrogen-bond acceptors (Lipinski definition) is 4. The van der Waals surface area contributed by atoms with Crippen LogP contribution in [0.5, 0.6) is 0 Å². The largest absolute Gasteiger partial charge is 0.494 e. The molecule has 0 saturated carbocycles. The van der Waals surface area contributed by atoms with Crippen molar-refractivity contribution < 1.29 is 13.7 Å². The zero-order chi connectivity index (χ0) is 35.5. The van der Waals surface area contributed by atoms with Crippen LogP contribution in [0, 0.1) is 0 Å². The molecule has 4 nitrogen and oxygen atoms in total. The third-order valence-corrected chi connectivity index (χ3v) is 10.9. The highest BCUT2D eigenvalue weighted by molar-refractivity contribution is 6.62. The Hall–Kier alpha value is -5.62. The Morgan fingerprint density at radius 1 is 0.596 bits per heavy atom. The second-order valence-corrected chi connectivity index (χ2v) is 14.7. The van der Waals surface area contributed by atoms with Crippen molar-refractivity contribution >= 4 is 63.5 Å². The molecule has 52 heavy (non-hydrogen) atoms. The molecule has 0 N–H and O–H groups in total. The first-order valence-electron chi connectivity index (χ1n) is 18.1. The Balaban J connectivity index is 1.30. The highest BCUT2D eigenvalue weighted by Gasteiger charge is 2.52. The second kappa shape index (κ2) is 12.6. The van der Waals surface area contributed by atoms with Gasteiger partial charge in [-0.25, -0.2) is 0 Å². The number of furan rings is 1. The Labute approximate surface area is 305 Å². The molecule has 1 aliphatic carbocycles. The van der Waals surface area contributed by atoms with E-state index in [4.69, 9.17) is 13.7 Å². The number of fused-ring (bicyclic) bond motifs is 4. The lowest BCUT2D eigenvalue weighted by atomic mass is 9.77. The highest BCUT2D eigenvalue weighted by atomic mass is 16.7. The SMILES string of the molecule is CC1(C)OB(c2cc(-c3cccc4ccccc34)cc(N(c3ccc(-c4ccccc4)cc3)c3cccc4oc5c(c34)C=CCC=C5)c2)OC1(C)C. The molecule has 6 aromatic carbocycles. The molecule has 2 aliphatic rings. The summed E-state index contributed by atoms with van der Waals surface area (Å²) in [5, 5.41) is 3.46. The molecule has 0 radical (unpaired) electrons. The van der Waals surface area contributed by atoms with Crippen LogP contribution in [0.4, 0.5) is 17.1 Å². The summed E-state index contributed by atoms with van der Waals surface area (Å²) < 4.78 is 19.9. The molecule has 1 saturated heterocycles. The molecule has 1 aliphatic heterocycles. The Kier molecular flexibility index (Phi) is 7.80. The van der Waals surface area contributed by atoms with Gasteiger partial charge in [-0.3, -0.25) is 0 Å². The van der Waals surface area contributed by atoms with Crippen molar-refractivity contribution in [1.29, 1.82) is 0 Å². The molecule has 7 aromatic rings. The fraction of sp³-hybridized carbons (Fsp3) is 0.149. The van der Waals surface area contributed by atoms with Crippen molar-refractivity contribution in [2.24, 2.45) is 0 Å². The fourth-order valence-corrected chi connectivity index (χ4v) is 7.46. The molecular weight excluding hydrogens is 637 g/mol. The molecule has 9 rings (SSSR count). The monoisotopic (exact) mass is 677 g/mol. The van der Waals surface area contributed by atoms with Crippen molar-refractivity contribution in [1.82, 2.24) is 0 Å². The molecule has 2 heterocycles. The predicted molar refractivity (Wildman–Crippen MR) is 218 cm³/mol. The van der Waals surface area contributed by atoms with Crippen molar-refractivity contribution in [3.63, 3.8) is 0 Å². The predicted octanol–water partition coefficient (Wildman–Crippen LogP) is 12.1. The lowest BCUT2D eigenvalue weighted by Gasteiger charge is -2.32. The summed E-state index contributed by atoms with van der Waals surface area (Å²) in [5.41, 5.74) is 9.57. The van der Waals surface area contributed by atoms with Gasteiger partial charge in [0.2, 0.25) is 0 Å². The van der Waals surface area contributed by atoms with Gasteiger partial charge in [-0.05, 0) is 115 Å². The lowest BCUT2D eigenvalue weighted by molar-refractivity contribution is 0.00578. The molecular formula is C47H40BNO3. The minimum Gasteiger partial charge on any atom is -0.456 e. The lowest BCUT2D eigenvalue weighted by Crippen LogP contribution is -2.41. The minimum absolute atomic E-state index is 0.486. The number of benzene rings is 6. The molecule has 5 heteroatoms. The van der Waals surface area contributed by atoms with E-state index >= 15 is 0 Å². The third kappa shape index (κ3) is 5.58. The summed E-state index contributed by atoms with van der Waals surface area (Å²) in [4.78, 5) is 2.36. The normalized spacial score (nSPS) is 16.0. The van der Waals surface area contributed by atoms with Gasteiger partial charge in [-0.2, -0.15) is 0 Å². The maximum absolute atomic E-state index is 6.71. The van der Waals surface area contributed by atoms with E-state index in [0.29, 0.717) is 0 Å². The number of anilines is 3. The van der Waals surface area contributed by atoms with Gasteiger partial charge >= 0.3 is 7.12 Å². The molecule has 0 spiro atoms. The highest BCUT2D eigenvalue weighted by Crippen LogP contribution is 2.45. The second-order valence-electron chi connectivity index (χ2n) is 14.7. The first kappa shape index (κ1) is 32.3. The van der Waals surface area contributed by atoms with E-state index in [1.54, 1.807) is 0 Å². The Morgan fingerprint density at radius 2 is 1.29 bits per heavy atom. The van der Waals surface area contributed by atoms with Crippen LogP contribution in [0.15, 0.2) is 150 Å². The summed E-state index contributed by atoms with van der Waals surface area (Å²) in [6, 6.07) is 47.6. The van der Waals surface area contributed by atoms with Crippen LogP contribution >= 0.6 is 0 Å². The van der Waals surface area contributed by atoms with Gasteiger partial charge in [-0.1, -0.05) is 115 Å². The van der Waals surface area contributed by atoms with E-state index < -0.39 is 18.3 Å². The maximum Gasteiger partial charge on any atom is 0.494 e. The molecule has 0 atom stereocenters. The minimum atomic E-state index is -0.546. The van der Waals surface area contributed by atoms with Gasteiger partial charge in [0.25, 0.3) is 0 Å². The smallest absolute Gasteiger partial charge is 0.456 e. The molecule has 0 unspecified atom stereocenters. The van der Waals surface area contributed by atoms with Crippen molar-refractivity contribution in [2.75, 3.05) is 4.90 Å². The summed E-state index contributed by atoms with van der Waals surface area (Å²) in [6.45, 7) is 8.43. The van der Waals surface area contributed by atoms with Crippen LogP contribution in [0.1, 0.15) is 45.4 Å². The molecule has 0 amide bonds. The first-order valence-corrected chi connectivity index (χ1v) is 18.1. The maximum atomic E-state index is 6.71. The Bertz CT molecular complexity index is 2490. The van der Waals surface area contributed by atoms with Crippen LogP contribution < -0.4 is 10.4 Å². The summed E-state index contributed by atoms with van der Waals surface area (Å²) >= 11 is 0. The van der Waals surface area contributed by atoms with E-state index in [2.05, 4.69) is 190 Å².